The van der Waals surface area contributed by atoms with Gasteiger partial charge in [-0.2, -0.15) is 0 Å². The number of aromatic amines is 1. The summed E-state index contributed by atoms with van der Waals surface area (Å²) in [6.45, 7) is 4.13. The van der Waals surface area contributed by atoms with Gasteiger partial charge in [-0.15, -0.1) is 24.8 Å². The van der Waals surface area contributed by atoms with Crippen molar-refractivity contribution in [2.24, 2.45) is 0 Å². The standard InChI is InChI=1S/C8H10N4.2ClH/c1-5(2)7-9-3-6-8(12-7)11-4-10-6;;/h3-5H,1-2H3,(H,9,10,11,12);2*1H. The van der Waals surface area contributed by atoms with Crippen LogP contribution in [0.2, 0.25) is 0 Å². The molecule has 0 saturated carbocycles. The minimum absolute atomic E-state index is 0. The monoisotopic (exact) mass is 234 g/mol. The van der Waals surface area contributed by atoms with Gasteiger partial charge in [0.2, 0.25) is 0 Å². The van der Waals surface area contributed by atoms with Gasteiger partial charge in [0.05, 0.1) is 12.5 Å². The first-order valence-corrected chi connectivity index (χ1v) is 3.93. The molecule has 2 aromatic rings. The first-order chi connectivity index (χ1) is 5.77. The molecule has 78 valence electrons. The van der Waals surface area contributed by atoms with Gasteiger partial charge in [-0.1, -0.05) is 13.8 Å². The Kier molecular flexibility index (Phi) is 4.80. The van der Waals surface area contributed by atoms with Crippen molar-refractivity contribution in [3.05, 3.63) is 18.3 Å². The van der Waals surface area contributed by atoms with Gasteiger partial charge in [0, 0.05) is 5.92 Å². The Morgan fingerprint density at radius 3 is 2.57 bits per heavy atom. The van der Waals surface area contributed by atoms with Crippen molar-refractivity contribution < 1.29 is 0 Å². The lowest BCUT2D eigenvalue weighted by Crippen LogP contribution is -1.96. The molecule has 2 rings (SSSR count). The maximum Gasteiger partial charge on any atom is 0.180 e. The minimum Gasteiger partial charge on any atom is -0.342 e. The molecule has 0 amide bonds. The first kappa shape index (κ1) is 13.1. The third kappa shape index (κ3) is 2.33. The number of fused-ring (bicyclic) bond motifs is 1. The number of hydrogen-bond donors (Lipinski definition) is 1. The zero-order valence-corrected chi connectivity index (χ0v) is 9.52. The largest absolute Gasteiger partial charge is 0.342 e. The highest BCUT2D eigenvalue weighted by Gasteiger charge is 2.04. The highest BCUT2D eigenvalue weighted by Crippen LogP contribution is 2.11. The Balaban J connectivity index is 0.000000845. The fourth-order valence-electron chi connectivity index (χ4n) is 1.03. The fourth-order valence-corrected chi connectivity index (χ4v) is 1.03. The van der Waals surface area contributed by atoms with Crippen molar-refractivity contribution in [2.45, 2.75) is 19.8 Å². The van der Waals surface area contributed by atoms with Crippen LogP contribution in [-0.4, -0.2) is 19.9 Å². The molecule has 0 spiro atoms. The zero-order valence-electron chi connectivity index (χ0n) is 7.89. The van der Waals surface area contributed by atoms with Gasteiger partial charge < -0.3 is 4.98 Å². The summed E-state index contributed by atoms with van der Waals surface area (Å²) in [6, 6.07) is 0. The van der Waals surface area contributed by atoms with E-state index in [9.17, 15) is 0 Å². The molecule has 0 aromatic carbocycles. The van der Waals surface area contributed by atoms with Crippen LogP contribution in [0, 0.1) is 0 Å². The Bertz CT molecular complexity index is 399. The molecule has 1 N–H and O–H groups in total. The predicted molar refractivity (Wildman–Crippen MR) is 60.3 cm³/mol. The molecule has 0 aliphatic heterocycles. The van der Waals surface area contributed by atoms with Crippen molar-refractivity contribution >= 4 is 36.0 Å². The van der Waals surface area contributed by atoms with Crippen LogP contribution >= 0.6 is 24.8 Å². The molecule has 14 heavy (non-hydrogen) atoms. The number of hydrogen-bond acceptors (Lipinski definition) is 3. The number of nitrogens with zero attached hydrogens (tertiary/aromatic N) is 3. The van der Waals surface area contributed by atoms with Crippen molar-refractivity contribution in [2.75, 3.05) is 0 Å². The Morgan fingerprint density at radius 1 is 1.21 bits per heavy atom. The van der Waals surface area contributed by atoms with E-state index in [-0.39, 0.29) is 24.8 Å². The molecule has 0 aliphatic rings. The van der Waals surface area contributed by atoms with E-state index < -0.39 is 0 Å². The summed E-state index contributed by atoms with van der Waals surface area (Å²) < 4.78 is 0. The van der Waals surface area contributed by atoms with Gasteiger partial charge in [0.25, 0.3) is 0 Å². The van der Waals surface area contributed by atoms with Crippen LogP contribution in [0.1, 0.15) is 25.6 Å². The van der Waals surface area contributed by atoms with Gasteiger partial charge in [-0.05, 0) is 0 Å². The second-order valence-electron chi connectivity index (χ2n) is 3.02. The molecular weight excluding hydrogens is 223 g/mol. The topological polar surface area (TPSA) is 54.5 Å². The maximum absolute atomic E-state index is 4.28. The number of H-pyrrole nitrogens is 1. The molecule has 0 saturated heterocycles. The average Bonchev–Trinajstić information content (AvgIpc) is 2.49. The number of aromatic nitrogens is 4. The molecule has 0 aliphatic carbocycles. The van der Waals surface area contributed by atoms with Crippen LogP contribution in [0.5, 0.6) is 0 Å². The summed E-state index contributed by atoms with van der Waals surface area (Å²) in [4.78, 5) is 15.5. The van der Waals surface area contributed by atoms with Crippen LogP contribution in [0.25, 0.3) is 11.2 Å². The molecule has 0 radical (unpaired) electrons. The van der Waals surface area contributed by atoms with E-state index in [0.717, 1.165) is 17.0 Å². The third-order valence-electron chi connectivity index (χ3n) is 1.71. The van der Waals surface area contributed by atoms with E-state index >= 15 is 0 Å². The van der Waals surface area contributed by atoms with E-state index in [2.05, 4.69) is 33.8 Å². The van der Waals surface area contributed by atoms with E-state index in [0.29, 0.717) is 5.92 Å². The lowest BCUT2D eigenvalue weighted by Gasteiger charge is -2.00. The quantitative estimate of drug-likeness (QED) is 0.825. The van der Waals surface area contributed by atoms with Crippen molar-refractivity contribution in [3.63, 3.8) is 0 Å². The van der Waals surface area contributed by atoms with Crippen molar-refractivity contribution in [3.8, 4) is 0 Å². The lowest BCUT2D eigenvalue weighted by atomic mass is 10.2. The highest BCUT2D eigenvalue weighted by molar-refractivity contribution is 5.85. The Labute approximate surface area is 94.4 Å². The molecule has 6 heteroatoms. The predicted octanol–water partition coefficient (Wildman–Crippen LogP) is 2.32. The highest BCUT2D eigenvalue weighted by atomic mass is 35.5. The number of nitrogens with one attached hydrogen (secondary N) is 1. The van der Waals surface area contributed by atoms with Gasteiger partial charge in [-0.25, -0.2) is 15.0 Å². The summed E-state index contributed by atoms with van der Waals surface area (Å²) in [5, 5.41) is 0. The van der Waals surface area contributed by atoms with Crippen molar-refractivity contribution in [1.29, 1.82) is 0 Å². The minimum atomic E-state index is 0. The second-order valence-corrected chi connectivity index (χ2v) is 3.02. The SMILES string of the molecule is CC(C)c1ncc2[nH]cnc2n1.Cl.Cl. The fraction of sp³-hybridized carbons (Fsp3) is 0.375. The van der Waals surface area contributed by atoms with Gasteiger partial charge in [0.1, 0.15) is 11.3 Å². The van der Waals surface area contributed by atoms with Crippen LogP contribution < -0.4 is 0 Å². The van der Waals surface area contributed by atoms with Gasteiger partial charge >= 0.3 is 0 Å². The molecule has 2 aromatic heterocycles. The van der Waals surface area contributed by atoms with Crippen LogP contribution in [0.4, 0.5) is 0 Å². The van der Waals surface area contributed by atoms with E-state index in [1.54, 1.807) is 12.5 Å². The molecule has 0 fully saturated rings. The molecule has 2 heterocycles. The number of halogens is 2. The summed E-state index contributed by atoms with van der Waals surface area (Å²) in [7, 11) is 0. The van der Waals surface area contributed by atoms with E-state index in [1.165, 1.54) is 0 Å². The second kappa shape index (κ2) is 5.12. The molecule has 0 atom stereocenters. The van der Waals surface area contributed by atoms with Crippen LogP contribution in [0.15, 0.2) is 12.5 Å². The van der Waals surface area contributed by atoms with Crippen LogP contribution in [0.3, 0.4) is 0 Å². The summed E-state index contributed by atoms with van der Waals surface area (Å²) in [6.07, 6.45) is 3.40. The Hall–Kier alpha value is -0.870. The molecular formula is C8H12Cl2N4. The van der Waals surface area contributed by atoms with Crippen molar-refractivity contribution in [1.82, 2.24) is 19.9 Å². The molecule has 0 bridgehead atoms. The van der Waals surface area contributed by atoms with Crippen LogP contribution in [-0.2, 0) is 0 Å². The molecule has 0 unspecified atom stereocenters. The number of imidazole rings is 1. The lowest BCUT2D eigenvalue weighted by molar-refractivity contribution is 0.781. The summed E-state index contributed by atoms with van der Waals surface area (Å²) >= 11 is 0. The molecule has 4 nitrogen and oxygen atoms in total. The van der Waals surface area contributed by atoms with E-state index in [1.807, 2.05) is 0 Å². The summed E-state index contributed by atoms with van der Waals surface area (Å²) in [5.41, 5.74) is 1.63. The normalized spacial score (nSPS) is 9.64. The zero-order chi connectivity index (χ0) is 8.55. The van der Waals surface area contributed by atoms with Gasteiger partial charge in [0.15, 0.2) is 5.65 Å². The van der Waals surface area contributed by atoms with Gasteiger partial charge in [-0.3, -0.25) is 0 Å². The maximum atomic E-state index is 4.28. The van der Waals surface area contributed by atoms with E-state index in [4.69, 9.17) is 0 Å². The third-order valence-corrected chi connectivity index (χ3v) is 1.71. The average molecular weight is 235 g/mol. The summed E-state index contributed by atoms with van der Waals surface area (Å²) in [5.74, 6) is 1.20. The smallest absolute Gasteiger partial charge is 0.180 e. The Morgan fingerprint density at radius 2 is 1.93 bits per heavy atom. The first-order valence-electron chi connectivity index (χ1n) is 3.93. The number of rotatable bonds is 1.